The number of carbonyl (C=O) groups is 1. The maximum atomic E-state index is 11.3. The fraction of sp³-hybridized carbons (Fsp3) is 0.917. The fourth-order valence-corrected chi connectivity index (χ4v) is 3.08. The molecule has 0 saturated heterocycles. The van der Waals surface area contributed by atoms with Crippen LogP contribution in [0.5, 0.6) is 0 Å². The Kier molecular flexibility index (Phi) is 2.34. The van der Waals surface area contributed by atoms with Gasteiger partial charge in [-0.25, -0.2) is 0 Å². The molecule has 76 valence electrons. The quantitative estimate of drug-likeness (QED) is 0.608. The molecule has 1 nitrogen and oxygen atoms in total. The van der Waals surface area contributed by atoms with Crippen LogP contribution in [0.3, 0.4) is 0 Å². The van der Waals surface area contributed by atoms with E-state index in [-0.39, 0.29) is 5.41 Å². The van der Waals surface area contributed by atoms with E-state index < -0.39 is 0 Å². The highest BCUT2D eigenvalue weighted by atomic mass is 16.1. The van der Waals surface area contributed by atoms with Gasteiger partial charge in [0, 0.05) is 5.92 Å². The molecule has 1 unspecified atom stereocenters. The van der Waals surface area contributed by atoms with E-state index in [1.807, 2.05) is 0 Å². The minimum atomic E-state index is 0.212. The van der Waals surface area contributed by atoms with Gasteiger partial charge in [-0.1, -0.05) is 34.6 Å². The zero-order valence-corrected chi connectivity index (χ0v) is 9.77. The minimum absolute atomic E-state index is 0.212. The summed E-state index contributed by atoms with van der Waals surface area (Å²) in [6.45, 7) is 13.0. The maximum Gasteiger partial charge on any atom is 0.133 e. The van der Waals surface area contributed by atoms with E-state index in [2.05, 4.69) is 34.6 Å². The molecule has 0 radical (unpaired) electrons. The smallest absolute Gasteiger partial charge is 0.133 e. The highest BCUT2D eigenvalue weighted by Crippen LogP contribution is 2.58. The van der Waals surface area contributed by atoms with Crippen LogP contribution in [0.25, 0.3) is 0 Å². The third kappa shape index (κ3) is 1.66. The van der Waals surface area contributed by atoms with E-state index in [1.165, 1.54) is 0 Å². The Balaban J connectivity index is 2.76. The van der Waals surface area contributed by atoms with Crippen LogP contribution in [0.4, 0.5) is 0 Å². The van der Waals surface area contributed by atoms with Crippen LogP contribution in [0, 0.1) is 22.7 Å². The number of hydrogen-bond donors (Lipinski definition) is 0. The van der Waals surface area contributed by atoms with Crippen LogP contribution in [0.2, 0.25) is 0 Å². The first-order chi connectivity index (χ1) is 5.67. The molecule has 1 saturated carbocycles. The molecular formula is C12H22O. The lowest BCUT2D eigenvalue weighted by molar-refractivity contribution is -0.144. The topological polar surface area (TPSA) is 17.1 Å². The number of ketones is 1. The third-order valence-electron chi connectivity index (χ3n) is 3.80. The second-order valence-electron chi connectivity index (χ2n) is 6.14. The molecule has 0 aromatic heterocycles. The predicted molar refractivity (Wildman–Crippen MR) is 55.5 cm³/mol. The summed E-state index contributed by atoms with van der Waals surface area (Å²) >= 11 is 0. The summed E-state index contributed by atoms with van der Waals surface area (Å²) in [7, 11) is 0. The normalized spacial score (nSPS) is 32.5. The first kappa shape index (κ1) is 10.7. The lowest BCUT2D eigenvalue weighted by atomic mass is 9.47. The van der Waals surface area contributed by atoms with Gasteiger partial charge >= 0.3 is 0 Å². The van der Waals surface area contributed by atoms with Gasteiger partial charge in [0.1, 0.15) is 5.78 Å². The molecule has 0 aromatic carbocycles. The molecule has 0 amide bonds. The SMILES string of the molecule is CC(=O)[C@H]1CC(C(C)(C)C)C1(C)C. The zero-order chi connectivity index (χ0) is 10.4. The minimum Gasteiger partial charge on any atom is -0.300 e. The fourth-order valence-electron chi connectivity index (χ4n) is 3.08. The van der Waals surface area contributed by atoms with E-state index in [0.717, 1.165) is 6.42 Å². The number of carbonyl (C=O) groups excluding carboxylic acids is 1. The molecule has 2 atom stereocenters. The van der Waals surface area contributed by atoms with Gasteiger partial charge in [0.2, 0.25) is 0 Å². The van der Waals surface area contributed by atoms with Gasteiger partial charge in [0.25, 0.3) is 0 Å². The molecule has 1 rings (SSSR count). The molecule has 0 bridgehead atoms. The molecule has 0 spiro atoms. The Morgan fingerprint density at radius 3 is 2.00 bits per heavy atom. The molecule has 0 aromatic rings. The summed E-state index contributed by atoms with van der Waals surface area (Å²) in [5, 5.41) is 0. The summed E-state index contributed by atoms with van der Waals surface area (Å²) < 4.78 is 0. The summed E-state index contributed by atoms with van der Waals surface area (Å²) in [6, 6.07) is 0. The van der Waals surface area contributed by atoms with Gasteiger partial charge in [-0.15, -0.1) is 0 Å². The summed E-state index contributed by atoms with van der Waals surface area (Å²) in [6.07, 6.45) is 1.09. The van der Waals surface area contributed by atoms with Crippen molar-refractivity contribution in [3.8, 4) is 0 Å². The zero-order valence-electron chi connectivity index (χ0n) is 9.77. The summed E-state index contributed by atoms with van der Waals surface area (Å²) in [5.41, 5.74) is 0.555. The Hall–Kier alpha value is -0.330. The van der Waals surface area contributed by atoms with Crippen LogP contribution in [-0.4, -0.2) is 5.78 Å². The molecule has 1 aliphatic carbocycles. The second-order valence-corrected chi connectivity index (χ2v) is 6.14. The van der Waals surface area contributed by atoms with Crippen LogP contribution < -0.4 is 0 Å². The van der Waals surface area contributed by atoms with Gasteiger partial charge in [0.05, 0.1) is 0 Å². The third-order valence-corrected chi connectivity index (χ3v) is 3.80. The van der Waals surface area contributed by atoms with E-state index >= 15 is 0 Å². The molecule has 1 heteroatoms. The Morgan fingerprint density at radius 1 is 1.31 bits per heavy atom. The largest absolute Gasteiger partial charge is 0.300 e. The number of Topliss-reactive ketones (excluding diaryl/α,β-unsaturated/α-hetero) is 1. The average Bonchev–Trinajstić information content (AvgIpc) is 1.80. The van der Waals surface area contributed by atoms with Crippen LogP contribution >= 0.6 is 0 Å². The number of hydrogen-bond acceptors (Lipinski definition) is 1. The van der Waals surface area contributed by atoms with Gasteiger partial charge in [0.15, 0.2) is 0 Å². The van der Waals surface area contributed by atoms with Gasteiger partial charge in [-0.3, -0.25) is 4.79 Å². The van der Waals surface area contributed by atoms with Gasteiger partial charge in [-0.05, 0) is 30.1 Å². The van der Waals surface area contributed by atoms with Crippen molar-refractivity contribution in [1.82, 2.24) is 0 Å². The molecule has 0 N–H and O–H groups in total. The maximum absolute atomic E-state index is 11.3. The van der Waals surface area contributed by atoms with E-state index in [0.29, 0.717) is 23.0 Å². The monoisotopic (exact) mass is 182 g/mol. The van der Waals surface area contributed by atoms with Crippen molar-refractivity contribution in [2.45, 2.75) is 48.0 Å². The van der Waals surface area contributed by atoms with Crippen molar-refractivity contribution in [1.29, 1.82) is 0 Å². The first-order valence-corrected chi connectivity index (χ1v) is 5.18. The lowest BCUT2D eigenvalue weighted by Crippen LogP contribution is -2.53. The van der Waals surface area contributed by atoms with Gasteiger partial charge in [-0.2, -0.15) is 0 Å². The van der Waals surface area contributed by atoms with Crippen molar-refractivity contribution < 1.29 is 4.79 Å². The van der Waals surface area contributed by atoms with Crippen molar-refractivity contribution in [2.75, 3.05) is 0 Å². The Morgan fingerprint density at radius 2 is 1.77 bits per heavy atom. The Bertz CT molecular complexity index is 220. The average molecular weight is 182 g/mol. The molecule has 1 fully saturated rings. The van der Waals surface area contributed by atoms with E-state index in [4.69, 9.17) is 0 Å². The standard InChI is InChI=1S/C12H22O/c1-8(13)9-7-10(11(2,3)4)12(9,5)6/h9-10H,7H2,1-6H3/t9-,10?/m1/s1. The van der Waals surface area contributed by atoms with Crippen LogP contribution in [0.1, 0.15) is 48.0 Å². The molecular weight excluding hydrogens is 160 g/mol. The van der Waals surface area contributed by atoms with E-state index in [1.54, 1.807) is 6.92 Å². The second kappa shape index (κ2) is 2.83. The molecule has 13 heavy (non-hydrogen) atoms. The molecule has 1 aliphatic rings. The van der Waals surface area contributed by atoms with Crippen LogP contribution in [0.15, 0.2) is 0 Å². The van der Waals surface area contributed by atoms with Gasteiger partial charge < -0.3 is 0 Å². The van der Waals surface area contributed by atoms with Crippen LogP contribution in [-0.2, 0) is 4.79 Å². The summed E-state index contributed by atoms with van der Waals surface area (Å²) in [4.78, 5) is 11.3. The first-order valence-electron chi connectivity index (χ1n) is 5.18. The van der Waals surface area contributed by atoms with Crippen molar-refractivity contribution >= 4 is 5.78 Å². The highest BCUT2D eigenvalue weighted by molar-refractivity contribution is 5.80. The van der Waals surface area contributed by atoms with Crippen molar-refractivity contribution in [3.63, 3.8) is 0 Å². The predicted octanol–water partition coefficient (Wildman–Crippen LogP) is 3.28. The summed E-state index contributed by atoms with van der Waals surface area (Å²) in [5.74, 6) is 1.36. The molecule has 0 aliphatic heterocycles. The highest BCUT2D eigenvalue weighted by Gasteiger charge is 2.54. The number of rotatable bonds is 1. The van der Waals surface area contributed by atoms with Crippen molar-refractivity contribution in [2.24, 2.45) is 22.7 Å². The Labute approximate surface area is 81.9 Å². The van der Waals surface area contributed by atoms with E-state index in [9.17, 15) is 4.79 Å². The van der Waals surface area contributed by atoms with Crippen molar-refractivity contribution in [3.05, 3.63) is 0 Å². The molecule has 0 heterocycles. The lowest BCUT2D eigenvalue weighted by Gasteiger charge is -2.57.